The number of carbonyl (C=O) groups excluding carboxylic acids is 1. The van der Waals surface area contributed by atoms with Crippen LogP contribution in [0.5, 0.6) is 5.75 Å². The average molecular weight is 516 g/mol. The number of rotatable bonds is 5. The predicted octanol–water partition coefficient (Wildman–Crippen LogP) is 2.00. The molecule has 158 valence electrons. The van der Waals surface area contributed by atoms with Crippen LogP contribution in [0.25, 0.3) is 0 Å². The van der Waals surface area contributed by atoms with Gasteiger partial charge < -0.3 is 19.9 Å². The molecule has 0 atom stereocenters. The highest BCUT2D eigenvalue weighted by Gasteiger charge is 2.27. The summed E-state index contributed by atoms with van der Waals surface area (Å²) in [7, 11) is 3.48. The van der Waals surface area contributed by atoms with Gasteiger partial charge >= 0.3 is 0 Å². The number of amides is 1. The van der Waals surface area contributed by atoms with Crippen LogP contribution in [0, 0.1) is 5.82 Å². The van der Waals surface area contributed by atoms with Gasteiger partial charge in [0.25, 0.3) is 0 Å². The van der Waals surface area contributed by atoms with Crippen LogP contribution >= 0.6 is 24.0 Å². The van der Waals surface area contributed by atoms with Crippen molar-refractivity contribution in [3.63, 3.8) is 0 Å². The number of nitrogens with zero attached hydrogens (tertiary/aromatic N) is 5. The van der Waals surface area contributed by atoms with E-state index in [1.165, 1.54) is 6.07 Å². The number of nitrogens with one attached hydrogen (secondary N) is 1. The Balaban J connectivity index is 0.00000300. The number of anilines is 1. The van der Waals surface area contributed by atoms with Gasteiger partial charge in [0.2, 0.25) is 5.91 Å². The Hall–Kier alpha value is -2.37. The summed E-state index contributed by atoms with van der Waals surface area (Å²) >= 11 is 0. The van der Waals surface area contributed by atoms with Crippen molar-refractivity contribution in [3.8, 4) is 5.75 Å². The van der Waals surface area contributed by atoms with E-state index in [2.05, 4.69) is 15.4 Å². The lowest BCUT2D eigenvalue weighted by Gasteiger charge is -2.35. The smallest absolute Gasteiger partial charge is 0.246 e. The van der Waals surface area contributed by atoms with Crippen LogP contribution in [0.1, 0.15) is 12.5 Å². The van der Waals surface area contributed by atoms with Gasteiger partial charge in [-0.05, 0) is 24.6 Å². The first kappa shape index (κ1) is 22.9. The standard InChI is InChI=1S/C19H25FN6O2.HI/c1-4-28-17-6-5-14(9-16(17)20)10-22-19(21-2)25-7-8-26(18(27)13-25)15-11-23-24(3)12-15;/h5-6,9,11-12H,4,7-8,10,13H2,1-3H3,(H,21,22);1H. The van der Waals surface area contributed by atoms with Gasteiger partial charge in [0.15, 0.2) is 17.5 Å². The Kier molecular flexibility index (Phi) is 8.23. The highest BCUT2D eigenvalue weighted by atomic mass is 127. The topological polar surface area (TPSA) is 75.0 Å². The fraction of sp³-hybridized carbons (Fsp3) is 0.421. The van der Waals surface area contributed by atoms with E-state index in [0.717, 1.165) is 11.3 Å². The van der Waals surface area contributed by atoms with E-state index in [9.17, 15) is 9.18 Å². The molecule has 1 fully saturated rings. The number of aliphatic imine (C=N–C) groups is 1. The average Bonchev–Trinajstić information content (AvgIpc) is 3.10. The van der Waals surface area contributed by atoms with Crippen molar-refractivity contribution in [2.45, 2.75) is 13.5 Å². The maximum atomic E-state index is 14.0. The molecule has 0 unspecified atom stereocenters. The third-order valence-corrected chi connectivity index (χ3v) is 4.48. The first-order valence-electron chi connectivity index (χ1n) is 9.17. The molecule has 1 N–H and O–H groups in total. The molecular formula is C19H26FIN6O2. The van der Waals surface area contributed by atoms with Crippen LogP contribution in [0.3, 0.4) is 0 Å². The molecule has 0 bridgehead atoms. The summed E-state index contributed by atoms with van der Waals surface area (Å²) in [4.78, 5) is 20.4. The number of piperazine rings is 1. The van der Waals surface area contributed by atoms with E-state index in [1.807, 2.05) is 25.1 Å². The molecular weight excluding hydrogens is 490 g/mol. The van der Waals surface area contributed by atoms with Crippen molar-refractivity contribution in [1.29, 1.82) is 0 Å². The summed E-state index contributed by atoms with van der Waals surface area (Å²) in [6, 6.07) is 4.87. The monoisotopic (exact) mass is 516 g/mol. The molecule has 1 aromatic carbocycles. The number of benzene rings is 1. The quantitative estimate of drug-likeness (QED) is 0.374. The lowest BCUT2D eigenvalue weighted by Crippen LogP contribution is -2.55. The number of carbonyl (C=O) groups is 1. The third-order valence-electron chi connectivity index (χ3n) is 4.48. The van der Waals surface area contributed by atoms with Crippen LogP contribution in [0.4, 0.5) is 10.1 Å². The van der Waals surface area contributed by atoms with Gasteiger partial charge in [0.1, 0.15) is 6.54 Å². The Labute approximate surface area is 186 Å². The van der Waals surface area contributed by atoms with Gasteiger partial charge in [-0.2, -0.15) is 5.10 Å². The van der Waals surface area contributed by atoms with Gasteiger partial charge in [-0.3, -0.25) is 14.5 Å². The zero-order valence-corrected chi connectivity index (χ0v) is 19.1. The number of hydrogen-bond donors (Lipinski definition) is 1. The molecule has 0 aliphatic carbocycles. The number of halogens is 2. The maximum absolute atomic E-state index is 14.0. The molecule has 1 amide bonds. The fourth-order valence-corrected chi connectivity index (χ4v) is 3.11. The van der Waals surface area contributed by atoms with Crippen molar-refractivity contribution in [2.75, 3.05) is 38.2 Å². The van der Waals surface area contributed by atoms with Gasteiger partial charge in [-0.1, -0.05) is 6.07 Å². The summed E-state index contributed by atoms with van der Waals surface area (Å²) in [6.07, 6.45) is 3.50. The number of ether oxygens (including phenoxy) is 1. The second kappa shape index (κ2) is 10.4. The van der Waals surface area contributed by atoms with Gasteiger partial charge in [-0.25, -0.2) is 4.39 Å². The predicted molar refractivity (Wildman–Crippen MR) is 120 cm³/mol. The van der Waals surface area contributed by atoms with Crippen molar-refractivity contribution >= 4 is 41.5 Å². The second-order valence-corrected chi connectivity index (χ2v) is 6.44. The molecule has 2 heterocycles. The molecule has 2 aromatic rings. The minimum Gasteiger partial charge on any atom is -0.491 e. The molecule has 29 heavy (non-hydrogen) atoms. The molecule has 0 saturated carbocycles. The Morgan fingerprint density at radius 1 is 1.38 bits per heavy atom. The molecule has 1 aliphatic heterocycles. The van der Waals surface area contributed by atoms with Crippen LogP contribution in [-0.2, 0) is 18.4 Å². The molecule has 0 radical (unpaired) electrons. The van der Waals surface area contributed by atoms with Crippen molar-refractivity contribution in [2.24, 2.45) is 12.0 Å². The largest absolute Gasteiger partial charge is 0.491 e. The molecule has 1 saturated heterocycles. The minimum absolute atomic E-state index is 0. The molecule has 10 heteroatoms. The number of aryl methyl sites for hydroxylation is 1. The van der Waals surface area contributed by atoms with Crippen molar-refractivity contribution in [3.05, 3.63) is 42.0 Å². The van der Waals surface area contributed by atoms with Gasteiger partial charge in [0.05, 0.1) is 18.5 Å². The van der Waals surface area contributed by atoms with E-state index in [4.69, 9.17) is 4.74 Å². The Bertz CT molecular complexity index is 872. The number of aromatic nitrogens is 2. The highest BCUT2D eigenvalue weighted by Crippen LogP contribution is 2.19. The first-order valence-corrected chi connectivity index (χ1v) is 9.17. The van der Waals surface area contributed by atoms with Crippen LogP contribution in [-0.4, -0.2) is 59.8 Å². The normalized spacial score (nSPS) is 14.6. The summed E-state index contributed by atoms with van der Waals surface area (Å²) in [5.41, 5.74) is 1.56. The first-order chi connectivity index (χ1) is 13.5. The van der Waals surface area contributed by atoms with E-state index in [-0.39, 0.29) is 42.2 Å². The van der Waals surface area contributed by atoms with Crippen molar-refractivity contribution in [1.82, 2.24) is 20.0 Å². The zero-order chi connectivity index (χ0) is 20.1. The van der Waals surface area contributed by atoms with E-state index < -0.39 is 5.82 Å². The highest BCUT2D eigenvalue weighted by molar-refractivity contribution is 14.0. The molecule has 8 nitrogen and oxygen atoms in total. The number of hydrogen-bond acceptors (Lipinski definition) is 4. The maximum Gasteiger partial charge on any atom is 0.246 e. The van der Waals surface area contributed by atoms with Crippen LogP contribution in [0.15, 0.2) is 35.6 Å². The summed E-state index contributed by atoms with van der Waals surface area (Å²) in [5.74, 6) is 0.437. The molecule has 3 rings (SSSR count). The SMILES string of the molecule is CCOc1ccc(CNC(=NC)N2CCN(c3cnn(C)c3)C(=O)C2)cc1F.I. The summed E-state index contributed by atoms with van der Waals surface area (Å²) in [5, 5.41) is 7.31. The minimum atomic E-state index is -0.392. The van der Waals surface area contributed by atoms with Crippen molar-refractivity contribution < 1.29 is 13.9 Å². The molecule has 1 aliphatic rings. The van der Waals surface area contributed by atoms with Crippen LogP contribution < -0.4 is 15.0 Å². The van der Waals surface area contributed by atoms with Crippen LogP contribution in [0.2, 0.25) is 0 Å². The molecule has 1 aromatic heterocycles. The summed E-state index contributed by atoms with van der Waals surface area (Å²) in [6.45, 7) is 4.02. The summed E-state index contributed by atoms with van der Waals surface area (Å²) < 4.78 is 20.9. The fourth-order valence-electron chi connectivity index (χ4n) is 3.11. The number of guanidine groups is 1. The Morgan fingerprint density at radius 3 is 2.76 bits per heavy atom. The molecule has 0 spiro atoms. The van der Waals surface area contributed by atoms with E-state index in [1.54, 1.807) is 35.0 Å². The van der Waals surface area contributed by atoms with Gasteiger partial charge in [0, 0.05) is 39.9 Å². The third kappa shape index (κ3) is 5.58. The van der Waals surface area contributed by atoms with E-state index in [0.29, 0.717) is 32.2 Å². The van der Waals surface area contributed by atoms with Gasteiger partial charge in [-0.15, -0.1) is 24.0 Å². The second-order valence-electron chi connectivity index (χ2n) is 6.44. The lowest BCUT2D eigenvalue weighted by atomic mass is 10.2. The lowest BCUT2D eigenvalue weighted by molar-refractivity contribution is -0.120. The zero-order valence-electron chi connectivity index (χ0n) is 16.8. The van der Waals surface area contributed by atoms with E-state index >= 15 is 0 Å². The Morgan fingerprint density at radius 2 is 2.17 bits per heavy atom.